The van der Waals surface area contributed by atoms with Gasteiger partial charge in [0, 0.05) is 11.1 Å². The molecule has 0 aliphatic carbocycles. The van der Waals surface area contributed by atoms with Crippen molar-refractivity contribution < 1.29 is 13.9 Å². The highest BCUT2D eigenvalue weighted by atomic mass is 16.5. The van der Waals surface area contributed by atoms with Crippen LogP contribution >= 0.6 is 0 Å². The molecule has 0 unspecified atom stereocenters. The van der Waals surface area contributed by atoms with Gasteiger partial charge in [0.1, 0.15) is 11.3 Å². The Hall–Kier alpha value is -3.60. The van der Waals surface area contributed by atoms with Crippen molar-refractivity contribution in [1.82, 2.24) is 4.98 Å². The fourth-order valence-electron chi connectivity index (χ4n) is 3.68. The van der Waals surface area contributed by atoms with Crippen LogP contribution < -0.4 is 10.1 Å². The first kappa shape index (κ1) is 22.6. The van der Waals surface area contributed by atoms with Crippen molar-refractivity contribution >= 4 is 22.7 Å². The van der Waals surface area contributed by atoms with Gasteiger partial charge in [-0.3, -0.25) is 4.79 Å². The number of amides is 1. The van der Waals surface area contributed by atoms with E-state index in [2.05, 4.69) is 57.1 Å². The largest absolute Gasteiger partial charge is 0.495 e. The maximum absolute atomic E-state index is 12.9. The summed E-state index contributed by atoms with van der Waals surface area (Å²) in [4.78, 5) is 17.6. The maximum Gasteiger partial charge on any atom is 0.255 e. The van der Waals surface area contributed by atoms with Gasteiger partial charge in [-0.2, -0.15) is 0 Å². The topological polar surface area (TPSA) is 64.4 Å². The zero-order chi connectivity index (χ0) is 23.8. The van der Waals surface area contributed by atoms with E-state index in [9.17, 15) is 4.79 Å². The first-order valence-electron chi connectivity index (χ1n) is 11.2. The van der Waals surface area contributed by atoms with Gasteiger partial charge in [-0.25, -0.2) is 4.98 Å². The molecular formula is C28H30N2O3. The summed E-state index contributed by atoms with van der Waals surface area (Å²) >= 11 is 0. The van der Waals surface area contributed by atoms with Crippen LogP contribution in [-0.2, 0) is 5.41 Å². The number of ether oxygens (including phenoxy) is 1. The lowest BCUT2D eigenvalue weighted by atomic mass is 9.87. The average Bonchev–Trinajstić information content (AvgIpc) is 3.22. The SMILES string of the molecule is COc1ccc(-c2nc3cc(C(C)C)ccc3o2)cc1NC(=O)c1ccc(C(C)(C)C)cc1. The molecule has 1 amide bonds. The molecule has 0 saturated heterocycles. The number of nitrogens with one attached hydrogen (secondary N) is 1. The highest BCUT2D eigenvalue weighted by Gasteiger charge is 2.17. The number of carbonyl (C=O) groups is 1. The molecule has 4 aromatic rings. The summed E-state index contributed by atoms with van der Waals surface area (Å²) in [7, 11) is 1.58. The fraction of sp³-hybridized carbons (Fsp3) is 0.286. The molecule has 0 saturated carbocycles. The summed E-state index contributed by atoms with van der Waals surface area (Å²) in [5, 5.41) is 2.97. The number of hydrogen-bond acceptors (Lipinski definition) is 4. The molecule has 1 heterocycles. The average molecular weight is 443 g/mol. The molecule has 0 radical (unpaired) electrons. The van der Waals surface area contributed by atoms with Gasteiger partial charge in [0.25, 0.3) is 5.91 Å². The quantitative estimate of drug-likeness (QED) is 0.356. The van der Waals surface area contributed by atoms with Crippen LogP contribution in [0.1, 0.15) is 62.0 Å². The number of benzene rings is 3. The van der Waals surface area contributed by atoms with E-state index >= 15 is 0 Å². The number of anilines is 1. The number of rotatable bonds is 5. The maximum atomic E-state index is 12.9. The third-order valence-electron chi connectivity index (χ3n) is 5.79. The zero-order valence-electron chi connectivity index (χ0n) is 20.0. The lowest BCUT2D eigenvalue weighted by Crippen LogP contribution is -2.14. The lowest BCUT2D eigenvalue weighted by Gasteiger charge is -2.19. The van der Waals surface area contributed by atoms with Crippen LogP contribution in [0.3, 0.4) is 0 Å². The summed E-state index contributed by atoms with van der Waals surface area (Å²) in [5.74, 6) is 1.27. The van der Waals surface area contributed by atoms with Crippen molar-refractivity contribution in [3.63, 3.8) is 0 Å². The van der Waals surface area contributed by atoms with E-state index in [0.717, 1.165) is 16.7 Å². The van der Waals surface area contributed by atoms with Crippen LogP contribution in [0.25, 0.3) is 22.6 Å². The van der Waals surface area contributed by atoms with E-state index in [-0.39, 0.29) is 11.3 Å². The van der Waals surface area contributed by atoms with Gasteiger partial charge in [-0.05, 0) is 64.9 Å². The number of hydrogen-bond donors (Lipinski definition) is 1. The second-order valence-electron chi connectivity index (χ2n) is 9.60. The zero-order valence-corrected chi connectivity index (χ0v) is 20.0. The number of aromatic nitrogens is 1. The van der Waals surface area contributed by atoms with Gasteiger partial charge < -0.3 is 14.5 Å². The first-order valence-corrected chi connectivity index (χ1v) is 11.2. The standard InChI is InChI=1S/C28H30N2O3/c1-17(2)19-9-14-25-23(15-19)30-27(33-25)20-10-13-24(32-6)22(16-20)29-26(31)18-7-11-21(12-8-18)28(3,4)5/h7-17H,1-6H3,(H,29,31). The van der Waals surface area contributed by atoms with Gasteiger partial charge >= 0.3 is 0 Å². The molecule has 33 heavy (non-hydrogen) atoms. The van der Waals surface area contributed by atoms with Gasteiger partial charge in [0.2, 0.25) is 5.89 Å². The van der Waals surface area contributed by atoms with Crippen molar-refractivity contribution in [2.45, 2.75) is 46.0 Å². The van der Waals surface area contributed by atoms with Gasteiger partial charge in [-0.15, -0.1) is 0 Å². The number of oxazole rings is 1. The molecule has 1 N–H and O–H groups in total. The summed E-state index contributed by atoms with van der Waals surface area (Å²) < 4.78 is 11.5. The molecule has 0 spiro atoms. The molecule has 0 atom stereocenters. The number of carbonyl (C=O) groups excluding carboxylic acids is 1. The van der Waals surface area contributed by atoms with Crippen molar-refractivity contribution in [3.05, 3.63) is 77.4 Å². The fourth-order valence-corrected chi connectivity index (χ4v) is 3.68. The molecule has 170 valence electrons. The number of methoxy groups -OCH3 is 1. The molecule has 4 rings (SSSR count). The van der Waals surface area contributed by atoms with E-state index in [4.69, 9.17) is 9.15 Å². The third kappa shape index (κ3) is 4.77. The summed E-state index contributed by atoms with van der Waals surface area (Å²) in [6, 6.07) is 19.3. The predicted molar refractivity (Wildman–Crippen MR) is 133 cm³/mol. The summed E-state index contributed by atoms with van der Waals surface area (Å²) in [6.07, 6.45) is 0. The minimum Gasteiger partial charge on any atom is -0.495 e. The molecule has 0 aliphatic rings. The molecule has 0 bridgehead atoms. The van der Waals surface area contributed by atoms with Crippen LogP contribution in [0.5, 0.6) is 5.75 Å². The Labute approximate surface area is 194 Å². The van der Waals surface area contributed by atoms with Crippen molar-refractivity contribution in [2.24, 2.45) is 0 Å². The minimum absolute atomic E-state index is 0.0298. The molecular weight excluding hydrogens is 412 g/mol. The molecule has 0 fully saturated rings. The van der Waals surface area contributed by atoms with Crippen molar-refractivity contribution in [2.75, 3.05) is 12.4 Å². The van der Waals surface area contributed by atoms with Crippen LogP contribution in [0, 0.1) is 0 Å². The Kier molecular flexibility index (Phi) is 5.98. The van der Waals surface area contributed by atoms with E-state index in [1.807, 2.05) is 48.5 Å². The minimum atomic E-state index is -0.204. The Morgan fingerprint density at radius 3 is 2.36 bits per heavy atom. The Balaban J connectivity index is 1.63. The highest BCUT2D eigenvalue weighted by molar-refractivity contribution is 6.05. The van der Waals surface area contributed by atoms with Crippen LogP contribution in [-0.4, -0.2) is 18.0 Å². The molecule has 5 nitrogen and oxygen atoms in total. The van der Waals surface area contributed by atoms with Crippen molar-refractivity contribution in [1.29, 1.82) is 0 Å². The van der Waals surface area contributed by atoms with Crippen molar-refractivity contribution in [3.8, 4) is 17.2 Å². The van der Waals surface area contributed by atoms with Crippen LogP contribution in [0.15, 0.2) is 65.1 Å². The summed E-state index contributed by atoms with van der Waals surface area (Å²) in [6.45, 7) is 10.7. The van der Waals surface area contributed by atoms with E-state index in [1.54, 1.807) is 7.11 Å². The molecule has 0 aliphatic heterocycles. The smallest absolute Gasteiger partial charge is 0.255 e. The molecule has 1 aromatic heterocycles. The monoisotopic (exact) mass is 442 g/mol. The Morgan fingerprint density at radius 2 is 1.73 bits per heavy atom. The van der Waals surface area contributed by atoms with Crippen LogP contribution in [0.4, 0.5) is 5.69 Å². The second-order valence-corrected chi connectivity index (χ2v) is 9.60. The Bertz CT molecular complexity index is 1300. The van der Waals surface area contributed by atoms with E-state index < -0.39 is 0 Å². The second kappa shape index (κ2) is 8.74. The first-order chi connectivity index (χ1) is 15.7. The van der Waals surface area contributed by atoms with Gasteiger partial charge in [0.15, 0.2) is 5.58 Å². The number of nitrogens with zero attached hydrogens (tertiary/aromatic N) is 1. The number of fused-ring (bicyclic) bond motifs is 1. The van der Waals surface area contributed by atoms with E-state index in [1.165, 1.54) is 11.1 Å². The molecule has 5 heteroatoms. The van der Waals surface area contributed by atoms with Gasteiger partial charge in [-0.1, -0.05) is 52.8 Å². The lowest BCUT2D eigenvalue weighted by molar-refractivity contribution is 0.102. The van der Waals surface area contributed by atoms with Gasteiger partial charge in [0.05, 0.1) is 12.8 Å². The summed E-state index contributed by atoms with van der Waals surface area (Å²) in [5.41, 5.74) is 5.87. The normalized spacial score (nSPS) is 11.7. The van der Waals surface area contributed by atoms with Crippen LogP contribution in [0.2, 0.25) is 0 Å². The van der Waals surface area contributed by atoms with E-state index in [0.29, 0.717) is 28.8 Å². The third-order valence-corrected chi connectivity index (χ3v) is 5.79. The Morgan fingerprint density at radius 1 is 1.00 bits per heavy atom. The molecule has 3 aromatic carbocycles. The highest BCUT2D eigenvalue weighted by Crippen LogP contribution is 2.33. The predicted octanol–water partition coefficient (Wildman–Crippen LogP) is 7.18.